The summed E-state index contributed by atoms with van der Waals surface area (Å²) >= 11 is 0. The summed E-state index contributed by atoms with van der Waals surface area (Å²) in [4.78, 5) is 49.7. The molecule has 0 aliphatic carbocycles. The molecule has 0 saturated heterocycles. The van der Waals surface area contributed by atoms with Crippen molar-refractivity contribution in [2.75, 3.05) is 94.0 Å². The summed E-state index contributed by atoms with van der Waals surface area (Å²) in [5.74, 6) is -1.49. The van der Waals surface area contributed by atoms with Crippen molar-refractivity contribution in [3.05, 3.63) is 0 Å². The van der Waals surface area contributed by atoms with Gasteiger partial charge in [0, 0.05) is 45.2 Å². The first-order chi connectivity index (χ1) is 23.6. The number of likely N-dealkylation sites (N-methyl/N-ethyl adjacent to an activating group) is 3. The topological polar surface area (TPSA) is 207 Å². The zero-order valence-electron chi connectivity index (χ0n) is 32.9. The van der Waals surface area contributed by atoms with Crippen LogP contribution >= 0.6 is 0 Å². The highest BCUT2D eigenvalue weighted by Crippen LogP contribution is 2.09. The van der Waals surface area contributed by atoms with Crippen molar-refractivity contribution in [1.82, 2.24) is 9.80 Å². The number of hydrogen-bond donors (Lipinski definition) is 3. The van der Waals surface area contributed by atoms with Gasteiger partial charge in [0.05, 0.1) is 39.1 Å². The van der Waals surface area contributed by atoms with Gasteiger partial charge in [0.1, 0.15) is 25.9 Å². The van der Waals surface area contributed by atoms with Gasteiger partial charge in [-0.25, -0.2) is 0 Å². The lowest BCUT2D eigenvalue weighted by Gasteiger charge is -2.33. The van der Waals surface area contributed by atoms with Gasteiger partial charge < -0.3 is 43.4 Å². The summed E-state index contributed by atoms with van der Waals surface area (Å²) in [5, 5.41) is 17.0. The van der Waals surface area contributed by atoms with Gasteiger partial charge in [0.25, 0.3) is 10.1 Å². The van der Waals surface area contributed by atoms with Gasteiger partial charge in [-0.3, -0.25) is 23.7 Å². The number of rotatable bonds is 25. The maximum Gasteiger partial charge on any atom is 0.306 e. The smallest absolute Gasteiger partial charge is 0.306 e. The molecule has 0 heterocycles. The molecule has 0 radical (unpaired) electrons. The zero-order chi connectivity index (χ0) is 40.0. The van der Waals surface area contributed by atoms with E-state index in [9.17, 15) is 27.6 Å². The van der Waals surface area contributed by atoms with Crippen LogP contribution in [0.15, 0.2) is 0 Å². The SMILES string of the molecule is CCCC(=O)OCC(CN(C)C)OC(=O)CCC.CCCC(=O)OCC(C[N+](C)(C)CCCS(=O)(=O)O)OC(=O)CCC.CN(C)CC(O)CO. The van der Waals surface area contributed by atoms with Gasteiger partial charge >= 0.3 is 23.9 Å². The minimum Gasteiger partial charge on any atom is -0.462 e. The van der Waals surface area contributed by atoms with E-state index >= 15 is 0 Å². The van der Waals surface area contributed by atoms with E-state index in [1.807, 2.05) is 79.8 Å². The zero-order valence-corrected chi connectivity index (χ0v) is 33.7. The molecular weight excluding hydrogens is 690 g/mol. The monoisotopic (exact) mass is 760 g/mol. The molecule has 3 N–H and O–H groups in total. The molecule has 17 heteroatoms. The largest absolute Gasteiger partial charge is 0.462 e. The Morgan fingerprint density at radius 2 is 1.08 bits per heavy atom. The first-order valence-corrected chi connectivity index (χ1v) is 19.3. The molecule has 0 bridgehead atoms. The van der Waals surface area contributed by atoms with E-state index in [1.54, 1.807) is 0 Å². The summed E-state index contributed by atoms with van der Waals surface area (Å²) in [6, 6.07) is 0. The van der Waals surface area contributed by atoms with Gasteiger partial charge in [0.15, 0.2) is 6.10 Å². The maximum atomic E-state index is 11.8. The Morgan fingerprint density at radius 1 is 0.686 bits per heavy atom. The van der Waals surface area contributed by atoms with Crippen LogP contribution in [0.1, 0.15) is 85.5 Å². The Hall–Kier alpha value is -2.41. The second-order valence-electron chi connectivity index (χ2n) is 13.4. The number of carbonyl (C=O) groups excluding carboxylic acids is 4. The minimum atomic E-state index is -3.99. The van der Waals surface area contributed by atoms with Gasteiger partial charge in [-0.15, -0.1) is 0 Å². The van der Waals surface area contributed by atoms with Crippen LogP contribution in [0.25, 0.3) is 0 Å². The number of aliphatic hydroxyl groups is 2. The minimum absolute atomic E-state index is 0.0196. The van der Waals surface area contributed by atoms with Crippen LogP contribution in [0.2, 0.25) is 0 Å². The molecule has 0 aliphatic rings. The molecule has 3 unspecified atom stereocenters. The van der Waals surface area contributed by atoms with Crippen LogP contribution in [-0.4, -0.2) is 174 Å². The molecule has 3 atom stereocenters. The fourth-order valence-electron chi connectivity index (χ4n) is 4.27. The van der Waals surface area contributed by atoms with Crippen LogP contribution in [0.4, 0.5) is 0 Å². The molecule has 0 aromatic heterocycles. The van der Waals surface area contributed by atoms with Gasteiger partial charge in [-0.05, 0) is 53.9 Å². The standard InChI is InChI=1S/C16H31NO7S.C13H25NO4.C5H13NO2/c1-5-8-15(18)23-13-14(24-16(19)9-6-2)12-17(3,4)10-7-11-25(20,21)22;1-5-7-12(15)17-10-11(9-14(3)4)18-13(16)8-6-2;1-6(2)3-5(8)4-7/h14H,5-13H2,1-4H3;11H,5-10H2,1-4H3;5,7-8H,3-4H2,1-2H3/p+1. The second kappa shape index (κ2) is 31.1. The highest BCUT2D eigenvalue weighted by molar-refractivity contribution is 7.85. The van der Waals surface area contributed by atoms with E-state index in [1.165, 1.54) is 0 Å². The molecule has 0 aromatic carbocycles. The quantitative estimate of drug-likeness (QED) is 0.0526. The normalized spacial score (nSPS) is 13.2. The molecule has 0 fully saturated rings. The van der Waals surface area contributed by atoms with E-state index in [0.717, 1.165) is 12.8 Å². The van der Waals surface area contributed by atoms with Gasteiger partial charge in [-0.1, -0.05) is 27.7 Å². The number of quaternary nitrogens is 1. The highest BCUT2D eigenvalue weighted by Gasteiger charge is 2.27. The van der Waals surface area contributed by atoms with Crippen LogP contribution in [0.3, 0.4) is 0 Å². The third-order valence-corrected chi connectivity index (χ3v) is 7.30. The van der Waals surface area contributed by atoms with Crippen molar-refractivity contribution in [2.24, 2.45) is 0 Å². The predicted octanol–water partition coefficient (Wildman–Crippen LogP) is 1.90. The number of nitrogens with zero attached hydrogens (tertiary/aromatic N) is 3. The molecule has 0 aromatic rings. The van der Waals surface area contributed by atoms with E-state index in [4.69, 9.17) is 33.7 Å². The van der Waals surface area contributed by atoms with Crippen molar-refractivity contribution in [1.29, 1.82) is 0 Å². The Bertz CT molecular complexity index is 1040. The Labute approximate surface area is 307 Å². The number of ether oxygens (including phenoxy) is 4. The fraction of sp³-hybridized carbons (Fsp3) is 0.882. The summed E-state index contributed by atoms with van der Waals surface area (Å²) in [6.07, 6.45) is 2.93. The molecule has 0 saturated carbocycles. The van der Waals surface area contributed by atoms with Crippen molar-refractivity contribution >= 4 is 34.0 Å². The van der Waals surface area contributed by atoms with Gasteiger partial charge in [-0.2, -0.15) is 8.42 Å². The lowest BCUT2D eigenvalue weighted by molar-refractivity contribution is -0.893. The number of carbonyl (C=O) groups is 4. The lowest BCUT2D eigenvalue weighted by Crippen LogP contribution is -2.49. The summed E-state index contributed by atoms with van der Waals surface area (Å²) < 4.78 is 51.7. The third-order valence-electron chi connectivity index (χ3n) is 6.49. The summed E-state index contributed by atoms with van der Waals surface area (Å²) in [6.45, 7) is 9.44. The summed E-state index contributed by atoms with van der Waals surface area (Å²) in [7, 11) is 7.18. The average Bonchev–Trinajstić information content (AvgIpc) is 2.98. The van der Waals surface area contributed by atoms with Gasteiger partial charge in [0.2, 0.25) is 0 Å². The van der Waals surface area contributed by atoms with E-state index in [0.29, 0.717) is 62.8 Å². The van der Waals surface area contributed by atoms with Crippen LogP contribution in [0.5, 0.6) is 0 Å². The Balaban J connectivity index is -0.000000768. The van der Waals surface area contributed by atoms with Crippen molar-refractivity contribution in [3.63, 3.8) is 0 Å². The molecule has 304 valence electrons. The Kier molecular flexibility index (Phi) is 32.3. The number of hydrogen-bond acceptors (Lipinski definition) is 14. The first-order valence-electron chi connectivity index (χ1n) is 17.7. The second-order valence-corrected chi connectivity index (χ2v) is 15.0. The maximum absolute atomic E-state index is 11.8. The average molecular weight is 761 g/mol. The molecule has 16 nitrogen and oxygen atoms in total. The first kappa shape index (κ1) is 52.9. The van der Waals surface area contributed by atoms with E-state index in [2.05, 4.69) is 0 Å². The Morgan fingerprint density at radius 3 is 1.43 bits per heavy atom. The van der Waals surface area contributed by atoms with Crippen molar-refractivity contribution in [2.45, 2.75) is 104 Å². The van der Waals surface area contributed by atoms with E-state index in [-0.39, 0.29) is 68.4 Å². The van der Waals surface area contributed by atoms with Crippen LogP contribution in [-0.2, 0) is 48.2 Å². The molecule has 51 heavy (non-hydrogen) atoms. The number of esters is 4. The molecule has 0 amide bonds. The van der Waals surface area contributed by atoms with Crippen LogP contribution in [0, 0.1) is 0 Å². The van der Waals surface area contributed by atoms with Crippen molar-refractivity contribution in [3.8, 4) is 0 Å². The molecule has 0 rings (SSSR count). The summed E-state index contributed by atoms with van der Waals surface area (Å²) in [5.41, 5.74) is 0. The lowest BCUT2D eigenvalue weighted by atomic mass is 10.2. The van der Waals surface area contributed by atoms with Crippen molar-refractivity contribution < 1.29 is 65.8 Å². The molecular formula is C34H70N3O13S+. The molecule has 0 aliphatic heterocycles. The predicted molar refractivity (Wildman–Crippen MR) is 194 cm³/mol. The highest BCUT2D eigenvalue weighted by atomic mass is 32.2. The third kappa shape index (κ3) is 38.6. The fourth-order valence-corrected chi connectivity index (χ4v) is 4.77. The number of aliphatic hydroxyl groups excluding tert-OH is 2. The van der Waals surface area contributed by atoms with E-state index < -0.39 is 22.3 Å². The molecule has 0 spiro atoms. The van der Waals surface area contributed by atoms with Crippen LogP contribution < -0.4 is 0 Å².